The van der Waals surface area contributed by atoms with Gasteiger partial charge in [-0.05, 0) is 22.8 Å². The number of rotatable bonds is 10. The first-order valence-corrected chi connectivity index (χ1v) is 14.6. The molecule has 1 fully saturated rings. The predicted molar refractivity (Wildman–Crippen MR) is 154 cm³/mol. The van der Waals surface area contributed by atoms with E-state index >= 15 is 0 Å². The van der Waals surface area contributed by atoms with Crippen molar-refractivity contribution in [1.82, 2.24) is 15.2 Å². The number of ether oxygens (including phenoxy) is 1. The van der Waals surface area contributed by atoms with Crippen LogP contribution in [0.3, 0.4) is 0 Å². The number of amides is 3. The summed E-state index contributed by atoms with van der Waals surface area (Å²) in [4.78, 5) is 68.0. The van der Waals surface area contributed by atoms with Gasteiger partial charge in [0.25, 0.3) is 17.6 Å². The number of aromatic nitrogens is 1. The molecule has 208 valence electrons. The van der Waals surface area contributed by atoms with Crippen LogP contribution in [0.4, 0.5) is 5.13 Å². The van der Waals surface area contributed by atoms with Crippen molar-refractivity contribution in [3.05, 3.63) is 106 Å². The summed E-state index contributed by atoms with van der Waals surface area (Å²) in [7, 11) is 0. The summed E-state index contributed by atoms with van der Waals surface area (Å²) in [5.74, 6) is -2.99. The zero-order chi connectivity index (χ0) is 28.9. The minimum absolute atomic E-state index is 0.0217. The van der Waals surface area contributed by atoms with Gasteiger partial charge in [-0.25, -0.2) is 9.78 Å². The van der Waals surface area contributed by atoms with Crippen molar-refractivity contribution >= 4 is 69.8 Å². The van der Waals surface area contributed by atoms with Gasteiger partial charge in [-0.3, -0.25) is 24.1 Å². The molecule has 1 aromatic heterocycles. The molecular formula is C28H21ClN4O6S2. The third-order valence-electron chi connectivity index (χ3n) is 6.30. The topological polar surface area (TPSA) is 135 Å². The standard InChI is InChI=1S/C28H21ClN4O6S2/c29-12-11-18-13-40-26-20(32-24(36)22(35)19-14-41-28(31-19)30-15-34)25(37)33(26)21(18)27(38)39-23(16-7-3-1-4-8-16)17-9-5-2-6-10-17/h1-12,14-15,20,23,26H,13H2,(H,32,36)(H,30,31,34)/b12-11+/t20?,26-/m1/s1. The van der Waals surface area contributed by atoms with Crippen molar-refractivity contribution in [2.75, 3.05) is 11.1 Å². The molecule has 2 N–H and O–H groups in total. The maximum absolute atomic E-state index is 13.7. The highest BCUT2D eigenvalue weighted by molar-refractivity contribution is 8.00. The molecule has 0 saturated carbocycles. The molecule has 10 nitrogen and oxygen atoms in total. The van der Waals surface area contributed by atoms with Gasteiger partial charge in [0.15, 0.2) is 11.2 Å². The number of nitrogens with one attached hydrogen (secondary N) is 2. The number of allylic oxidation sites excluding steroid dienone is 1. The molecule has 13 heteroatoms. The molecule has 2 aliphatic rings. The summed E-state index contributed by atoms with van der Waals surface area (Å²) in [5, 5.41) is 5.60. The average Bonchev–Trinajstić information content (AvgIpc) is 3.47. The molecule has 3 heterocycles. The molecule has 1 unspecified atom stereocenters. The summed E-state index contributed by atoms with van der Waals surface area (Å²) in [6.45, 7) is 0. The summed E-state index contributed by atoms with van der Waals surface area (Å²) < 4.78 is 6.02. The monoisotopic (exact) mass is 608 g/mol. The zero-order valence-corrected chi connectivity index (χ0v) is 23.4. The van der Waals surface area contributed by atoms with Gasteiger partial charge in [0.2, 0.25) is 6.41 Å². The number of carbonyl (C=O) groups excluding carboxylic acids is 5. The van der Waals surface area contributed by atoms with E-state index < -0.39 is 41.1 Å². The van der Waals surface area contributed by atoms with E-state index in [1.807, 2.05) is 60.7 Å². The quantitative estimate of drug-likeness (QED) is 0.117. The number of hydrogen-bond donors (Lipinski definition) is 2. The number of nitrogens with zero attached hydrogens (tertiary/aromatic N) is 2. The predicted octanol–water partition coefficient (Wildman–Crippen LogP) is 3.63. The molecule has 2 aromatic carbocycles. The molecule has 2 aliphatic heterocycles. The van der Waals surface area contributed by atoms with E-state index in [9.17, 15) is 24.0 Å². The molecule has 0 radical (unpaired) electrons. The summed E-state index contributed by atoms with van der Waals surface area (Å²) >= 11 is 8.14. The largest absolute Gasteiger partial charge is 0.448 e. The fourth-order valence-electron chi connectivity index (χ4n) is 4.40. The molecule has 5 rings (SSSR count). The number of fused-ring (bicyclic) bond motifs is 1. The van der Waals surface area contributed by atoms with Crippen LogP contribution in [0, 0.1) is 0 Å². The first-order chi connectivity index (χ1) is 19.9. The van der Waals surface area contributed by atoms with E-state index in [0.717, 1.165) is 22.5 Å². The third kappa shape index (κ3) is 5.80. The fraction of sp³-hybridized carbons (Fsp3) is 0.143. The normalized spacial score (nSPS) is 18.1. The second-order valence-electron chi connectivity index (χ2n) is 8.76. The number of hydrogen-bond acceptors (Lipinski definition) is 9. The number of β-lactam (4-membered cyclic amide) rings is 1. The Hall–Kier alpha value is -4.26. The maximum Gasteiger partial charge on any atom is 0.356 e. The van der Waals surface area contributed by atoms with Gasteiger partial charge < -0.3 is 15.4 Å². The number of thioether (sulfide) groups is 1. The van der Waals surface area contributed by atoms with E-state index in [0.29, 0.717) is 17.7 Å². The Labute approximate surface area is 247 Å². The Morgan fingerprint density at radius 3 is 2.34 bits per heavy atom. The third-order valence-corrected chi connectivity index (χ3v) is 8.50. The highest BCUT2D eigenvalue weighted by Crippen LogP contribution is 2.42. The summed E-state index contributed by atoms with van der Waals surface area (Å²) in [6.07, 6.45) is 1.19. The zero-order valence-electron chi connectivity index (χ0n) is 21.1. The highest BCUT2D eigenvalue weighted by Gasteiger charge is 2.54. The minimum atomic E-state index is -1.05. The molecule has 0 spiro atoms. The Morgan fingerprint density at radius 1 is 1.07 bits per heavy atom. The second kappa shape index (κ2) is 12.5. The highest BCUT2D eigenvalue weighted by atomic mass is 35.5. The Bertz CT molecular complexity index is 1520. The SMILES string of the molecule is O=CNc1nc(C(=O)C(=O)NC2C(=O)N3C(C(=O)OC(c4ccccc4)c4ccccc4)=C(/C=C/Cl)CS[C@H]23)cs1. The number of ketones is 1. The van der Waals surface area contributed by atoms with E-state index in [4.69, 9.17) is 16.3 Å². The van der Waals surface area contributed by atoms with Crippen LogP contribution in [-0.2, 0) is 23.9 Å². The smallest absolute Gasteiger partial charge is 0.356 e. The minimum Gasteiger partial charge on any atom is -0.448 e. The number of halogens is 1. The lowest BCUT2D eigenvalue weighted by molar-refractivity contribution is -0.154. The summed E-state index contributed by atoms with van der Waals surface area (Å²) in [6, 6.07) is 17.4. The van der Waals surface area contributed by atoms with Crippen LogP contribution in [0.1, 0.15) is 27.7 Å². The van der Waals surface area contributed by atoms with Gasteiger partial charge in [-0.2, -0.15) is 0 Å². The van der Waals surface area contributed by atoms with Gasteiger partial charge >= 0.3 is 5.97 Å². The van der Waals surface area contributed by atoms with Crippen LogP contribution in [0.5, 0.6) is 0 Å². The van der Waals surface area contributed by atoms with Gasteiger partial charge in [0.05, 0.1) is 0 Å². The molecule has 3 amide bonds. The number of benzene rings is 2. The molecule has 2 atom stereocenters. The van der Waals surface area contributed by atoms with E-state index in [-0.39, 0.29) is 16.5 Å². The summed E-state index contributed by atoms with van der Waals surface area (Å²) in [5.41, 5.74) is 3.08. The van der Waals surface area contributed by atoms with Gasteiger partial charge in [0, 0.05) is 16.7 Å². The lowest BCUT2D eigenvalue weighted by Gasteiger charge is -2.49. The molecule has 1 saturated heterocycles. The molecule has 41 heavy (non-hydrogen) atoms. The first kappa shape index (κ1) is 28.3. The van der Waals surface area contributed by atoms with Gasteiger partial charge in [-0.1, -0.05) is 72.3 Å². The van der Waals surface area contributed by atoms with Crippen LogP contribution in [0.25, 0.3) is 0 Å². The van der Waals surface area contributed by atoms with Crippen LogP contribution >= 0.6 is 34.7 Å². The molecule has 3 aromatic rings. The van der Waals surface area contributed by atoms with Crippen LogP contribution in [-0.4, -0.2) is 57.0 Å². The molecule has 0 aliphatic carbocycles. The van der Waals surface area contributed by atoms with Gasteiger partial charge in [0.1, 0.15) is 22.8 Å². The lowest BCUT2D eigenvalue weighted by Crippen LogP contribution is -2.71. The van der Waals surface area contributed by atoms with Crippen molar-refractivity contribution in [2.45, 2.75) is 17.5 Å². The van der Waals surface area contributed by atoms with Crippen molar-refractivity contribution in [1.29, 1.82) is 0 Å². The Kier molecular flexibility index (Phi) is 8.62. The first-order valence-electron chi connectivity index (χ1n) is 12.2. The Morgan fingerprint density at radius 2 is 1.73 bits per heavy atom. The van der Waals surface area contributed by atoms with E-state index in [2.05, 4.69) is 15.6 Å². The maximum atomic E-state index is 13.7. The van der Waals surface area contributed by atoms with E-state index in [1.165, 1.54) is 33.7 Å². The van der Waals surface area contributed by atoms with Gasteiger partial charge in [-0.15, -0.1) is 23.1 Å². The number of carbonyl (C=O) groups is 5. The number of Topliss-reactive ketones (excluding diaryl/α,β-unsaturated/α-hetero) is 1. The number of esters is 1. The van der Waals surface area contributed by atoms with Crippen LogP contribution in [0.2, 0.25) is 0 Å². The molecular weight excluding hydrogens is 588 g/mol. The average molecular weight is 609 g/mol. The number of anilines is 1. The van der Waals surface area contributed by atoms with Crippen molar-refractivity contribution in [3.8, 4) is 0 Å². The number of thiazole rings is 1. The lowest BCUT2D eigenvalue weighted by atomic mass is 10.0. The van der Waals surface area contributed by atoms with E-state index in [1.54, 1.807) is 0 Å². The molecule has 0 bridgehead atoms. The van der Waals surface area contributed by atoms with Crippen molar-refractivity contribution in [2.24, 2.45) is 0 Å². The Balaban J connectivity index is 1.36. The van der Waals surface area contributed by atoms with Crippen LogP contribution < -0.4 is 10.6 Å². The van der Waals surface area contributed by atoms with Crippen LogP contribution in [0.15, 0.2) is 88.9 Å². The second-order valence-corrected chi connectivity index (χ2v) is 11.0. The fourth-order valence-corrected chi connectivity index (χ4v) is 6.52. The van der Waals surface area contributed by atoms with Crippen molar-refractivity contribution in [3.63, 3.8) is 0 Å². The van der Waals surface area contributed by atoms with Crippen molar-refractivity contribution < 1.29 is 28.7 Å².